The Hall–Kier alpha value is -1.46. The zero-order chi connectivity index (χ0) is 14.3. The standard InChI is InChI=1S/C14H21NO4/c1-14(2,3)19-8-7-18-10-12-6-5-11(9-15-12)13(16)17-4/h5-6,9H,7-8,10H2,1-4H3. The molecule has 0 amide bonds. The van der Waals surface area contributed by atoms with Gasteiger partial charge in [0, 0.05) is 6.20 Å². The molecule has 0 bridgehead atoms. The van der Waals surface area contributed by atoms with Crippen molar-refractivity contribution in [2.24, 2.45) is 0 Å². The van der Waals surface area contributed by atoms with Crippen LogP contribution in [0.4, 0.5) is 0 Å². The zero-order valence-corrected chi connectivity index (χ0v) is 11.9. The average molecular weight is 267 g/mol. The van der Waals surface area contributed by atoms with Crippen LogP contribution in [0.15, 0.2) is 18.3 Å². The fraction of sp³-hybridized carbons (Fsp3) is 0.571. The van der Waals surface area contributed by atoms with Gasteiger partial charge in [-0.25, -0.2) is 4.79 Å². The summed E-state index contributed by atoms with van der Waals surface area (Å²) in [6, 6.07) is 3.42. The Labute approximate surface area is 113 Å². The molecule has 1 aromatic heterocycles. The van der Waals surface area contributed by atoms with Gasteiger partial charge in [0.15, 0.2) is 0 Å². The minimum absolute atomic E-state index is 0.149. The quantitative estimate of drug-likeness (QED) is 0.584. The fourth-order valence-corrected chi connectivity index (χ4v) is 1.33. The third-order valence-electron chi connectivity index (χ3n) is 2.26. The van der Waals surface area contributed by atoms with Gasteiger partial charge in [0.2, 0.25) is 0 Å². The lowest BCUT2D eigenvalue weighted by Gasteiger charge is -2.19. The number of hydrogen-bond acceptors (Lipinski definition) is 5. The summed E-state index contributed by atoms with van der Waals surface area (Å²) in [5.74, 6) is -0.390. The van der Waals surface area contributed by atoms with E-state index in [1.165, 1.54) is 13.3 Å². The minimum Gasteiger partial charge on any atom is -0.465 e. The maximum absolute atomic E-state index is 11.2. The lowest BCUT2D eigenvalue weighted by molar-refractivity contribution is -0.0380. The van der Waals surface area contributed by atoms with E-state index in [0.717, 1.165) is 5.69 Å². The van der Waals surface area contributed by atoms with Crippen LogP contribution in [-0.4, -0.2) is 36.9 Å². The Morgan fingerprint density at radius 1 is 1.26 bits per heavy atom. The average Bonchev–Trinajstić information content (AvgIpc) is 2.37. The Morgan fingerprint density at radius 2 is 2.00 bits per heavy atom. The molecule has 0 aliphatic carbocycles. The molecule has 5 heteroatoms. The van der Waals surface area contributed by atoms with Gasteiger partial charge < -0.3 is 14.2 Å². The van der Waals surface area contributed by atoms with Crippen LogP contribution < -0.4 is 0 Å². The number of hydrogen-bond donors (Lipinski definition) is 0. The molecule has 0 aliphatic rings. The van der Waals surface area contributed by atoms with Gasteiger partial charge in [-0.1, -0.05) is 0 Å². The first kappa shape index (κ1) is 15.6. The first-order valence-corrected chi connectivity index (χ1v) is 6.17. The summed E-state index contributed by atoms with van der Waals surface area (Å²) in [5, 5.41) is 0. The molecular formula is C14H21NO4. The van der Waals surface area contributed by atoms with Crippen molar-refractivity contribution in [3.8, 4) is 0 Å². The van der Waals surface area contributed by atoms with Crippen molar-refractivity contribution in [1.82, 2.24) is 4.98 Å². The summed E-state index contributed by atoms with van der Waals surface area (Å²) < 4.78 is 15.6. The van der Waals surface area contributed by atoms with Gasteiger partial charge in [0.05, 0.1) is 43.8 Å². The van der Waals surface area contributed by atoms with Crippen LogP contribution in [0.1, 0.15) is 36.8 Å². The minimum atomic E-state index is -0.390. The molecule has 1 rings (SSSR count). The monoisotopic (exact) mass is 267 g/mol. The molecule has 19 heavy (non-hydrogen) atoms. The highest BCUT2D eigenvalue weighted by Gasteiger charge is 2.09. The van der Waals surface area contributed by atoms with Crippen LogP contribution in [-0.2, 0) is 20.8 Å². The Morgan fingerprint density at radius 3 is 2.53 bits per heavy atom. The highest BCUT2D eigenvalue weighted by molar-refractivity contribution is 5.88. The molecule has 0 N–H and O–H groups in total. The second kappa shape index (κ2) is 7.21. The summed E-state index contributed by atoms with van der Waals surface area (Å²) in [5.41, 5.74) is 1.05. The summed E-state index contributed by atoms with van der Waals surface area (Å²) in [6.45, 7) is 7.46. The Balaban J connectivity index is 2.29. The molecule has 0 saturated heterocycles. The summed E-state index contributed by atoms with van der Waals surface area (Å²) in [6.07, 6.45) is 1.48. The van der Waals surface area contributed by atoms with Crippen LogP contribution in [0.5, 0.6) is 0 Å². The van der Waals surface area contributed by atoms with Crippen molar-refractivity contribution >= 4 is 5.97 Å². The lowest BCUT2D eigenvalue weighted by atomic mass is 10.2. The molecule has 1 heterocycles. The molecule has 0 radical (unpaired) electrons. The molecule has 106 valence electrons. The number of aromatic nitrogens is 1. The van der Waals surface area contributed by atoms with Crippen molar-refractivity contribution in [1.29, 1.82) is 0 Å². The van der Waals surface area contributed by atoms with E-state index in [1.54, 1.807) is 12.1 Å². The highest BCUT2D eigenvalue weighted by atomic mass is 16.5. The van der Waals surface area contributed by atoms with E-state index in [4.69, 9.17) is 9.47 Å². The van der Waals surface area contributed by atoms with E-state index in [2.05, 4.69) is 9.72 Å². The van der Waals surface area contributed by atoms with Crippen molar-refractivity contribution in [2.45, 2.75) is 33.0 Å². The van der Waals surface area contributed by atoms with Gasteiger partial charge in [0.25, 0.3) is 0 Å². The first-order chi connectivity index (χ1) is 8.92. The van der Waals surface area contributed by atoms with Gasteiger partial charge in [-0.15, -0.1) is 0 Å². The van der Waals surface area contributed by atoms with Crippen LogP contribution in [0.3, 0.4) is 0 Å². The summed E-state index contributed by atoms with van der Waals surface area (Å²) in [7, 11) is 1.34. The topological polar surface area (TPSA) is 57.7 Å². The predicted octanol–water partition coefficient (Wildman–Crippen LogP) is 2.20. The maximum atomic E-state index is 11.2. The zero-order valence-electron chi connectivity index (χ0n) is 11.9. The van der Waals surface area contributed by atoms with Gasteiger partial charge in [-0.2, -0.15) is 0 Å². The number of esters is 1. The van der Waals surface area contributed by atoms with E-state index in [1.807, 2.05) is 20.8 Å². The van der Waals surface area contributed by atoms with Crippen LogP contribution >= 0.6 is 0 Å². The molecule has 0 aliphatic heterocycles. The molecule has 0 fully saturated rings. The second-order valence-electron chi connectivity index (χ2n) is 5.04. The number of carbonyl (C=O) groups is 1. The number of rotatable bonds is 6. The maximum Gasteiger partial charge on any atom is 0.339 e. The van der Waals surface area contributed by atoms with E-state index in [0.29, 0.717) is 25.4 Å². The third kappa shape index (κ3) is 6.31. The van der Waals surface area contributed by atoms with E-state index >= 15 is 0 Å². The van der Waals surface area contributed by atoms with Crippen molar-refractivity contribution in [2.75, 3.05) is 20.3 Å². The largest absolute Gasteiger partial charge is 0.465 e. The van der Waals surface area contributed by atoms with E-state index in [-0.39, 0.29) is 5.60 Å². The van der Waals surface area contributed by atoms with Crippen molar-refractivity contribution in [3.63, 3.8) is 0 Å². The number of nitrogens with zero attached hydrogens (tertiary/aromatic N) is 1. The van der Waals surface area contributed by atoms with Crippen molar-refractivity contribution < 1.29 is 19.0 Å². The molecule has 0 atom stereocenters. The molecule has 0 spiro atoms. The molecule has 1 aromatic rings. The van der Waals surface area contributed by atoms with E-state index in [9.17, 15) is 4.79 Å². The lowest BCUT2D eigenvalue weighted by Crippen LogP contribution is -2.21. The van der Waals surface area contributed by atoms with Crippen LogP contribution in [0.25, 0.3) is 0 Å². The van der Waals surface area contributed by atoms with Gasteiger partial charge >= 0.3 is 5.97 Å². The van der Waals surface area contributed by atoms with Gasteiger partial charge in [-0.05, 0) is 32.9 Å². The number of pyridine rings is 1. The van der Waals surface area contributed by atoms with E-state index < -0.39 is 5.97 Å². The second-order valence-corrected chi connectivity index (χ2v) is 5.04. The van der Waals surface area contributed by atoms with Crippen molar-refractivity contribution in [3.05, 3.63) is 29.6 Å². The first-order valence-electron chi connectivity index (χ1n) is 6.17. The number of ether oxygens (including phenoxy) is 3. The Bertz CT molecular complexity index is 395. The number of methoxy groups -OCH3 is 1. The Kier molecular flexibility index (Phi) is 5.92. The third-order valence-corrected chi connectivity index (χ3v) is 2.26. The summed E-state index contributed by atoms with van der Waals surface area (Å²) in [4.78, 5) is 15.3. The van der Waals surface area contributed by atoms with Crippen LogP contribution in [0.2, 0.25) is 0 Å². The highest BCUT2D eigenvalue weighted by Crippen LogP contribution is 2.06. The van der Waals surface area contributed by atoms with Crippen LogP contribution in [0, 0.1) is 0 Å². The normalized spacial score (nSPS) is 11.4. The van der Waals surface area contributed by atoms with Gasteiger partial charge in [-0.3, -0.25) is 4.98 Å². The molecule has 0 aromatic carbocycles. The number of carbonyl (C=O) groups excluding carboxylic acids is 1. The van der Waals surface area contributed by atoms with Gasteiger partial charge in [0.1, 0.15) is 0 Å². The molecule has 0 saturated carbocycles. The predicted molar refractivity (Wildman–Crippen MR) is 70.9 cm³/mol. The molecular weight excluding hydrogens is 246 g/mol. The fourth-order valence-electron chi connectivity index (χ4n) is 1.33. The SMILES string of the molecule is COC(=O)c1ccc(COCCOC(C)(C)C)nc1. The molecule has 5 nitrogen and oxygen atoms in total. The smallest absolute Gasteiger partial charge is 0.339 e. The molecule has 0 unspecified atom stereocenters. The summed E-state index contributed by atoms with van der Waals surface area (Å²) >= 11 is 0.